The van der Waals surface area contributed by atoms with E-state index in [1.54, 1.807) is 12.1 Å². The van der Waals surface area contributed by atoms with Crippen molar-refractivity contribution in [3.63, 3.8) is 0 Å². The van der Waals surface area contributed by atoms with Crippen molar-refractivity contribution in [2.45, 2.75) is 40.2 Å². The first kappa shape index (κ1) is 15.3. The van der Waals surface area contributed by atoms with Gasteiger partial charge in [-0.05, 0) is 55.5 Å². The highest BCUT2D eigenvalue weighted by atomic mass is 19.1. The summed E-state index contributed by atoms with van der Waals surface area (Å²) < 4.78 is 13.6. The van der Waals surface area contributed by atoms with Gasteiger partial charge in [-0.3, -0.25) is 0 Å². The van der Waals surface area contributed by atoms with E-state index >= 15 is 0 Å². The minimum absolute atomic E-state index is 0.144. The number of halogens is 1. The van der Waals surface area contributed by atoms with E-state index in [4.69, 9.17) is 0 Å². The number of benzene rings is 1. The number of hydrogen-bond acceptors (Lipinski definition) is 2. The Morgan fingerprint density at radius 3 is 2.55 bits per heavy atom. The highest BCUT2D eigenvalue weighted by Crippen LogP contribution is 2.33. The molecule has 1 saturated heterocycles. The third-order valence-electron chi connectivity index (χ3n) is 4.49. The van der Waals surface area contributed by atoms with Crippen LogP contribution in [0.25, 0.3) is 0 Å². The fourth-order valence-corrected chi connectivity index (χ4v) is 2.96. The molecule has 1 N–H and O–H groups in total. The molecule has 3 atom stereocenters. The van der Waals surface area contributed by atoms with Crippen LogP contribution < -0.4 is 10.2 Å². The summed E-state index contributed by atoms with van der Waals surface area (Å²) in [6.07, 6.45) is 1.09. The molecule has 2 rings (SSSR count). The fraction of sp³-hybridized carbons (Fsp3) is 0.647. The smallest absolute Gasteiger partial charge is 0.123 e. The van der Waals surface area contributed by atoms with Gasteiger partial charge >= 0.3 is 0 Å². The van der Waals surface area contributed by atoms with Crippen LogP contribution in [0.1, 0.15) is 45.7 Å². The van der Waals surface area contributed by atoms with Crippen molar-refractivity contribution in [3.05, 3.63) is 29.6 Å². The Morgan fingerprint density at radius 1 is 1.30 bits per heavy atom. The van der Waals surface area contributed by atoms with Gasteiger partial charge in [-0.1, -0.05) is 20.8 Å². The zero-order valence-electron chi connectivity index (χ0n) is 13.1. The van der Waals surface area contributed by atoms with Gasteiger partial charge in [0.1, 0.15) is 5.82 Å². The van der Waals surface area contributed by atoms with Gasteiger partial charge < -0.3 is 10.2 Å². The normalized spacial score (nSPS) is 24.1. The molecular weight excluding hydrogens is 251 g/mol. The van der Waals surface area contributed by atoms with Crippen LogP contribution in [0.3, 0.4) is 0 Å². The first-order valence-electron chi connectivity index (χ1n) is 7.80. The largest absolute Gasteiger partial charge is 0.371 e. The zero-order chi connectivity index (χ0) is 14.7. The van der Waals surface area contributed by atoms with Gasteiger partial charge in [-0.25, -0.2) is 4.39 Å². The van der Waals surface area contributed by atoms with E-state index in [9.17, 15) is 4.39 Å². The van der Waals surface area contributed by atoms with E-state index in [-0.39, 0.29) is 11.9 Å². The van der Waals surface area contributed by atoms with Gasteiger partial charge in [-0.15, -0.1) is 0 Å². The van der Waals surface area contributed by atoms with Crippen molar-refractivity contribution in [3.8, 4) is 0 Å². The van der Waals surface area contributed by atoms with E-state index in [1.807, 2.05) is 6.07 Å². The molecule has 0 saturated carbocycles. The Balaban J connectivity index is 2.24. The lowest BCUT2D eigenvalue weighted by atomic mass is 10.0. The van der Waals surface area contributed by atoms with Gasteiger partial charge in [0.05, 0.1) is 0 Å². The maximum absolute atomic E-state index is 13.6. The molecule has 1 aromatic rings. The molecule has 112 valence electrons. The van der Waals surface area contributed by atoms with Crippen molar-refractivity contribution >= 4 is 5.69 Å². The molecule has 1 aromatic carbocycles. The van der Waals surface area contributed by atoms with Crippen molar-refractivity contribution in [1.82, 2.24) is 5.32 Å². The minimum Gasteiger partial charge on any atom is -0.371 e. The summed E-state index contributed by atoms with van der Waals surface area (Å²) in [6.45, 7) is 12.0. The van der Waals surface area contributed by atoms with Crippen LogP contribution in [0.4, 0.5) is 10.1 Å². The monoisotopic (exact) mass is 278 g/mol. The molecule has 0 spiro atoms. The molecule has 1 fully saturated rings. The van der Waals surface area contributed by atoms with Crippen LogP contribution in [0.2, 0.25) is 0 Å². The second-order valence-corrected chi connectivity index (χ2v) is 6.24. The lowest BCUT2D eigenvalue weighted by Gasteiger charge is -2.25. The molecule has 0 radical (unpaired) electrons. The Hall–Kier alpha value is -1.09. The van der Waals surface area contributed by atoms with Gasteiger partial charge in [0.25, 0.3) is 0 Å². The van der Waals surface area contributed by atoms with E-state index in [2.05, 4.69) is 37.9 Å². The van der Waals surface area contributed by atoms with Crippen LogP contribution >= 0.6 is 0 Å². The fourth-order valence-electron chi connectivity index (χ4n) is 2.96. The second kappa shape index (κ2) is 6.57. The molecule has 1 heterocycles. The van der Waals surface area contributed by atoms with Crippen LogP contribution in [0, 0.1) is 17.7 Å². The maximum atomic E-state index is 13.6. The van der Waals surface area contributed by atoms with E-state index in [0.717, 1.165) is 31.6 Å². The standard InChI is InChI=1S/C17H27FN2/c1-5-8-19-14(4)16-9-15(18)6-7-17(16)20-10-12(2)13(3)11-20/h6-7,9,12-14,19H,5,8,10-11H2,1-4H3. The molecule has 0 aliphatic carbocycles. The molecule has 0 bridgehead atoms. The highest BCUT2D eigenvalue weighted by molar-refractivity contribution is 5.56. The van der Waals surface area contributed by atoms with Gasteiger partial charge in [0.15, 0.2) is 0 Å². The summed E-state index contributed by atoms with van der Waals surface area (Å²) in [5.74, 6) is 1.26. The summed E-state index contributed by atoms with van der Waals surface area (Å²) >= 11 is 0. The average Bonchev–Trinajstić information content (AvgIpc) is 2.75. The average molecular weight is 278 g/mol. The third kappa shape index (κ3) is 3.32. The van der Waals surface area contributed by atoms with Gasteiger partial charge in [0, 0.05) is 24.8 Å². The Labute approximate surface area is 122 Å². The van der Waals surface area contributed by atoms with Crippen molar-refractivity contribution in [2.75, 3.05) is 24.5 Å². The van der Waals surface area contributed by atoms with Gasteiger partial charge in [-0.2, -0.15) is 0 Å². The van der Waals surface area contributed by atoms with Crippen LogP contribution in [-0.2, 0) is 0 Å². The molecule has 3 heteroatoms. The second-order valence-electron chi connectivity index (χ2n) is 6.24. The Bertz CT molecular complexity index is 437. The van der Waals surface area contributed by atoms with E-state index in [0.29, 0.717) is 11.8 Å². The SMILES string of the molecule is CCCNC(C)c1cc(F)ccc1N1CC(C)C(C)C1. The van der Waals surface area contributed by atoms with Crippen molar-refractivity contribution in [1.29, 1.82) is 0 Å². The van der Waals surface area contributed by atoms with Crippen molar-refractivity contribution in [2.24, 2.45) is 11.8 Å². The van der Waals surface area contributed by atoms with Gasteiger partial charge in [0.2, 0.25) is 0 Å². The predicted octanol–water partition coefficient (Wildman–Crippen LogP) is 3.98. The molecule has 1 aliphatic heterocycles. The summed E-state index contributed by atoms with van der Waals surface area (Å²) in [5.41, 5.74) is 2.28. The number of anilines is 1. The highest BCUT2D eigenvalue weighted by Gasteiger charge is 2.28. The van der Waals surface area contributed by atoms with Crippen LogP contribution in [-0.4, -0.2) is 19.6 Å². The molecule has 2 nitrogen and oxygen atoms in total. The maximum Gasteiger partial charge on any atom is 0.123 e. The number of nitrogens with one attached hydrogen (secondary N) is 1. The van der Waals surface area contributed by atoms with Crippen molar-refractivity contribution < 1.29 is 4.39 Å². The minimum atomic E-state index is -0.144. The zero-order valence-corrected chi connectivity index (χ0v) is 13.1. The number of nitrogens with zero attached hydrogens (tertiary/aromatic N) is 1. The summed E-state index contributed by atoms with van der Waals surface area (Å²) in [6, 6.07) is 5.40. The number of hydrogen-bond donors (Lipinski definition) is 1. The molecule has 0 aromatic heterocycles. The van der Waals surface area contributed by atoms with E-state index < -0.39 is 0 Å². The first-order valence-corrected chi connectivity index (χ1v) is 7.80. The summed E-state index contributed by atoms with van der Waals surface area (Å²) in [7, 11) is 0. The first-order chi connectivity index (χ1) is 9.52. The predicted molar refractivity (Wildman–Crippen MR) is 83.6 cm³/mol. The summed E-state index contributed by atoms with van der Waals surface area (Å²) in [5, 5.41) is 3.47. The van der Waals surface area contributed by atoms with Crippen LogP contribution in [0.5, 0.6) is 0 Å². The van der Waals surface area contributed by atoms with Crippen LogP contribution in [0.15, 0.2) is 18.2 Å². The Kier molecular flexibility index (Phi) is 5.03. The molecule has 1 aliphatic rings. The molecule has 20 heavy (non-hydrogen) atoms. The van der Waals surface area contributed by atoms with E-state index in [1.165, 1.54) is 5.69 Å². The summed E-state index contributed by atoms with van der Waals surface area (Å²) in [4.78, 5) is 2.41. The topological polar surface area (TPSA) is 15.3 Å². The lowest BCUT2D eigenvalue weighted by Crippen LogP contribution is -2.25. The molecule has 0 amide bonds. The molecular formula is C17H27FN2. The molecule has 3 unspecified atom stereocenters. The number of rotatable bonds is 5. The lowest BCUT2D eigenvalue weighted by molar-refractivity contribution is 0.494. The Morgan fingerprint density at radius 2 is 1.95 bits per heavy atom. The quantitative estimate of drug-likeness (QED) is 0.876. The third-order valence-corrected chi connectivity index (χ3v) is 4.49.